The highest BCUT2D eigenvalue weighted by Crippen LogP contribution is 2.55. The van der Waals surface area contributed by atoms with Gasteiger partial charge >= 0.3 is 8.56 Å². The summed E-state index contributed by atoms with van der Waals surface area (Å²) in [4.78, 5) is 23.1. The molecule has 1 N–H and O–H groups in total. The number of nitro groups is 1. The lowest BCUT2D eigenvalue weighted by Crippen LogP contribution is -2.63. The third-order valence-electron chi connectivity index (χ3n) is 5.99. The predicted molar refractivity (Wildman–Crippen MR) is 122 cm³/mol. The summed E-state index contributed by atoms with van der Waals surface area (Å²) in [5.74, 6) is -0.0849. The van der Waals surface area contributed by atoms with Gasteiger partial charge in [-0.1, -0.05) is 48.5 Å². The second kappa shape index (κ2) is 9.48. The highest BCUT2D eigenvalue weighted by Gasteiger charge is 2.61. The van der Waals surface area contributed by atoms with E-state index >= 15 is 0 Å². The molecule has 1 aliphatic heterocycles. The number of benzene rings is 1. The summed E-state index contributed by atoms with van der Waals surface area (Å²) in [5, 5.41) is 20.9. The molecule has 8 heteroatoms. The minimum Gasteiger partial charge on any atom is -0.390 e. The Hall–Kier alpha value is -1.61. The van der Waals surface area contributed by atoms with Crippen molar-refractivity contribution in [1.29, 1.82) is 0 Å². The number of nitro benzene ring substituents is 1. The Kier molecular flexibility index (Phi) is 7.84. The zero-order chi connectivity index (χ0) is 23.6. The molecule has 1 saturated heterocycles. The number of ketones is 1. The van der Waals surface area contributed by atoms with E-state index in [9.17, 15) is 20.0 Å². The normalized spacial score (nSPS) is 22.7. The van der Waals surface area contributed by atoms with Gasteiger partial charge < -0.3 is 14.0 Å². The van der Waals surface area contributed by atoms with Gasteiger partial charge in [-0.2, -0.15) is 0 Å². The van der Waals surface area contributed by atoms with Crippen molar-refractivity contribution in [2.75, 3.05) is 0 Å². The summed E-state index contributed by atoms with van der Waals surface area (Å²) >= 11 is 0. The lowest BCUT2D eigenvalue weighted by atomic mass is 9.99. The van der Waals surface area contributed by atoms with Crippen molar-refractivity contribution in [2.45, 2.75) is 103 Å². The molecule has 1 heterocycles. The van der Waals surface area contributed by atoms with Crippen LogP contribution < -0.4 is 0 Å². The summed E-state index contributed by atoms with van der Waals surface area (Å²) in [6, 6.07) is 5.66. The molecule has 0 radical (unpaired) electrons. The Labute approximate surface area is 186 Å². The molecule has 0 unspecified atom stereocenters. The van der Waals surface area contributed by atoms with Crippen LogP contribution in [0.4, 0.5) is 5.69 Å². The molecule has 0 aliphatic carbocycles. The fraction of sp³-hybridized carbons (Fsp3) is 0.696. The van der Waals surface area contributed by atoms with Crippen LogP contribution in [0.25, 0.3) is 0 Å². The standard InChI is InChI=1S/C23H37NO6Si/c1-8-19-15-20(30-31(29-19,22(2,3)4)23(5,6)7)13-18(25)14-21(26)16-9-11-17(12-10-16)24(27)28/h9-12,19-21,26H,8,13-15H2,1-7H3/t19-,20-,21-/m1/s1. The molecule has 1 fully saturated rings. The van der Waals surface area contributed by atoms with Crippen molar-refractivity contribution in [3.63, 3.8) is 0 Å². The number of hydrogen-bond acceptors (Lipinski definition) is 6. The van der Waals surface area contributed by atoms with E-state index in [1.165, 1.54) is 24.3 Å². The summed E-state index contributed by atoms with van der Waals surface area (Å²) in [6.45, 7) is 15.0. The van der Waals surface area contributed by atoms with Gasteiger partial charge in [-0.05, 0) is 30.5 Å². The minimum absolute atomic E-state index is 0.0467. The fourth-order valence-electron chi connectivity index (χ4n) is 4.58. The number of rotatable bonds is 7. The van der Waals surface area contributed by atoms with E-state index in [1.807, 2.05) is 0 Å². The van der Waals surface area contributed by atoms with Gasteiger partial charge in [0.05, 0.1) is 17.1 Å². The van der Waals surface area contributed by atoms with E-state index in [4.69, 9.17) is 8.85 Å². The number of carbonyl (C=O) groups excluding carboxylic acids is 1. The molecular weight excluding hydrogens is 414 g/mol. The third-order valence-corrected chi connectivity index (χ3v) is 11.3. The highest BCUT2D eigenvalue weighted by molar-refractivity contribution is 6.73. The van der Waals surface area contributed by atoms with Crippen molar-refractivity contribution in [3.05, 3.63) is 39.9 Å². The number of hydrogen-bond donors (Lipinski definition) is 1. The van der Waals surface area contributed by atoms with Crippen LogP contribution in [-0.2, 0) is 13.6 Å². The Morgan fingerprint density at radius 3 is 2.10 bits per heavy atom. The van der Waals surface area contributed by atoms with E-state index in [0.717, 1.165) is 6.42 Å². The topological polar surface area (TPSA) is 98.9 Å². The van der Waals surface area contributed by atoms with Crippen LogP contribution in [0.3, 0.4) is 0 Å². The lowest BCUT2D eigenvalue weighted by molar-refractivity contribution is -0.384. The molecule has 0 saturated carbocycles. The molecule has 174 valence electrons. The van der Waals surface area contributed by atoms with Gasteiger partial charge in [0.25, 0.3) is 5.69 Å². The van der Waals surface area contributed by atoms with E-state index in [0.29, 0.717) is 12.0 Å². The van der Waals surface area contributed by atoms with Gasteiger partial charge in [-0.15, -0.1) is 0 Å². The van der Waals surface area contributed by atoms with Gasteiger partial charge in [0.15, 0.2) is 0 Å². The van der Waals surface area contributed by atoms with Gasteiger partial charge in [-0.3, -0.25) is 14.9 Å². The summed E-state index contributed by atoms with van der Waals surface area (Å²) in [7, 11) is -2.70. The van der Waals surface area contributed by atoms with Crippen molar-refractivity contribution in [1.82, 2.24) is 0 Å². The first-order chi connectivity index (χ1) is 14.2. The van der Waals surface area contributed by atoms with Gasteiger partial charge in [-0.25, -0.2) is 0 Å². The van der Waals surface area contributed by atoms with Crippen LogP contribution in [0.5, 0.6) is 0 Å². The number of aliphatic hydroxyl groups is 1. The summed E-state index contributed by atoms with van der Waals surface area (Å²) in [6.07, 6.45) is 0.524. The second-order valence-corrected chi connectivity index (χ2v) is 15.3. The Balaban J connectivity index is 2.13. The van der Waals surface area contributed by atoms with Gasteiger partial charge in [0, 0.05) is 41.2 Å². The third kappa shape index (κ3) is 5.80. The van der Waals surface area contributed by atoms with Gasteiger partial charge in [0.2, 0.25) is 0 Å². The monoisotopic (exact) mass is 451 g/mol. The van der Waals surface area contributed by atoms with Crippen LogP contribution in [0, 0.1) is 10.1 Å². The Morgan fingerprint density at radius 2 is 1.65 bits per heavy atom. The van der Waals surface area contributed by atoms with Crippen molar-refractivity contribution >= 4 is 20.0 Å². The van der Waals surface area contributed by atoms with E-state index < -0.39 is 19.6 Å². The van der Waals surface area contributed by atoms with Gasteiger partial charge in [0.1, 0.15) is 5.78 Å². The average Bonchev–Trinajstić information content (AvgIpc) is 2.65. The van der Waals surface area contributed by atoms with Crippen LogP contribution >= 0.6 is 0 Å². The smallest absolute Gasteiger partial charge is 0.349 e. The predicted octanol–water partition coefficient (Wildman–Crippen LogP) is 5.60. The molecular formula is C23H37NO6Si. The molecule has 0 bridgehead atoms. The number of non-ortho nitro benzene ring substituents is 1. The van der Waals surface area contributed by atoms with Crippen LogP contribution in [0.15, 0.2) is 24.3 Å². The van der Waals surface area contributed by atoms with Crippen molar-refractivity contribution in [3.8, 4) is 0 Å². The number of nitrogens with zero attached hydrogens (tertiary/aromatic N) is 1. The average molecular weight is 452 g/mol. The van der Waals surface area contributed by atoms with E-state index in [-0.39, 0.29) is 46.6 Å². The first-order valence-corrected chi connectivity index (χ1v) is 12.8. The molecule has 31 heavy (non-hydrogen) atoms. The maximum atomic E-state index is 12.8. The SMILES string of the molecule is CC[C@@H]1C[C@@H](CC(=O)C[C@@H](O)c2ccc([N+](=O)[O-])cc2)O[Si](C(C)(C)C)(C(C)(C)C)O1. The van der Waals surface area contributed by atoms with E-state index in [1.54, 1.807) is 0 Å². The van der Waals surface area contributed by atoms with Crippen molar-refractivity contribution < 1.29 is 23.7 Å². The molecule has 0 spiro atoms. The molecule has 3 atom stereocenters. The highest BCUT2D eigenvalue weighted by atomic mass is 28.4. The van der Waals surface area contributed by atoms with Crippen molar-refractivity contribution in [2.24, 2.45) is 0 Å². The Bertz CT molecular complexity index is 767. The largest absolute Gasteiger partial charge is 0.390 e. The number of carbonyl (C=O) groups is 1. The number of aliphatic hydroxyl groups excluding tert-OH is 1. The lowest BCUT2D eigenvalue weighted by Gasteiger charge is -2.55. The molecule has 1 aromatic carbocycles. The zero-order valence-electron chi connectivity index (χ0n) is 19.8. The van der Waals surface area contributed by atoms with Crippen LogP contribution in [0.2, 0.25) is 10.1 Å². The first kappa shape index (κ1) is 25.6. The van der Waals surface area contributed by atoms with E-state index in [2.05, 4.69) is 48.5 Å². The fourth-order valence-corrected chi connectivity index (χ4v) is 9.68. The Morgan fingerprint density at radius 1 is 1.13 bits per heavy atom. The second-order valence-electron chi connectivity index (χ2n) is 10.6. The molecule has 0 amide bonds. The first-order valence-electron chi connectivity index (χ1n) is 11.0. The van der Waals surface area contributed by atoms with Crippen LogP contribution in [-0.4, -0.2) is 36.6 Å². The number of Topliss-reactive ketones (excluding diaryl/α,β-unsaturated/α-hetero) is 1. The van der Waals surface area contributed by atoms with Crippen LogP contribution in [0.1, 0.15) is 85.8 Å². The maximum absolute atomic E-state index is 12.8. The molecule has 0 aromatic heterocycles. The summed E-state index contributed by atoms with van der Waals surface area (Å²) < 4.78 is 13.3. The molecule has 1 aromatic rings. The minimum atomic E-state index is -2.70. The molecule has 7 nitrogen and oxygen atoms in total. The maximum Gasteiger partial charge on any atom is 0.349 e. The molecule has 1 aliphatic rings. The quantitative estimate of drug-likeness (QED) is 0.329. The zero-order valence-corrected chi connectivity index (χ0v) is 20.8. The molecule has 2 rings (SSSR count). The summed E-state index contributed by atoms with van der Waals surface area (Å²) in [5.41, 5.74) is 0.445.